The molecule has 2 atom stereocenters. The van der Waals surface area contributed by atoms with E-state index < -0.39 is 24.3 Å². The standard InChI is InChI=1S/C15H25BO5/c1-8-18-13(17)12-11(9(2)10(3)19-12)16-20-14(4,5)15(6,7)21-16/h9-10H,8H2,1-7H3. The van der Waals surface area contributed by atoms with Crippen LogP contribution in [0.15, 0.2) is 11.2 Å². The minimum Gasteiger partial charge on any atom is -0.483 e. The molecular weight excluding hydrogens is 271 g/mol. The molecule has 2 heterocycles. The average Bonchev–Trinajstić information content (AvgIpc) is 2.75. The summed E-state index contributed by atoms with van der Waals surface area (Å²) in [5.74, 6) is -0.159. The van der Waals surface area contributed by atoms with Gasteiger partial charge in [0.15, 0.2) is 0 Å². The summed E-state index contributed by atoms with van der Waals surface area (Å²) in [4.78, 5) is 12.1. The Morgan fingerprint density at radius 1 is 1.19 bits per heavy atom. The minimum absolute atomic E-state index is 0.0408. The van der Waals surface area contributed by atoms with Gasteiger partial charge in [0, 0.05) is 11.4 Å². The maximum absolute atomic E-state index is 12.1. The molecule has 6 heteroatoms. The minimum atomic E-state index is -0.575. The van der Waals surface area contributed by atoms with Crippen LogP contribution in [0.5, 0.6) is 0 Å². The number of ether oxygens (including phenoxy) is 2. The van der Waals surface area contributed by atoms with Crippen molar-refractivity contribution >= 4 is 13.1 Å². The number of carbonyl (C=O) groups excluding carboxylic acids is 1. The molecule has 0 aliphatic carbocycles. The molecule has 0 N–H and O–H groups in total. The number of hydrogen-bond acceptors (Lipinski definition) is 5. The number of carbonyl (C=O) groups is 1. The van der Waals surface area contributed by atoms with Gasteiger partial charge in [0.1, 0.15) is 6.10 Å². The number of rotatable bonds is 3. The molecule has 1 fully saturated rings. The van der Waals surface area contributed by atoms with E-state index in [0.717, 1.165) is 5.47 Å². The predicted octanol–water partition coefficient (Wildman–Crippen LogP) is 2.49. The molecule has 1 saturated heterocycles. The van der Waals surface area contributed by atoms with Crippen molar-refractivity contribution < 1.29 is 23.6 Å². The first-order valence-electron chi connectivity index (χ1n) is 7.54. The first kappa shape index (κ1) is 16.4. The highest BCUT2D eigenvalue weighted by atomic mass is 16.7. The molecule has 21 heavy (non-hydrogen) atoms. The van der Waals surface area contributed by atoms with Crippen molar-refractivity contribution in [1.82, 2.24) is 0 Å². The summed E-state index contributed by atoms with van der Waals surface area (Å²) in [7, 11) is -0.575. The Labute approximate surface area is 127 Å². The first-order chi connectivity index (χ1) is 9.60. The van der Waals surface area contributed by atoms with Crippen LogP contribution in [0.25, 0.3) is 0 Å². The van der Waals surface area contributed by atoms with Crippen LogP contribution in [0.2, 0.25) is 0 Å². The van der Waals surface area contributed by atoms with Crippen LogP contribution >= 0.6 is 0 Å². The molecule has 0 radical (unpaired) electrons. The van der Waals surface area contributed by atoms with Crippen molar-refractivity contribution in [2.24, 2.45) is 5.92 Å². The van der Waals surface area contributed by atoms with Crippen LogP contribution < -0.4 is 0 Å². The highest BCUT2D eigenvalue weighted by molar-refractivity contribution is 6.55. The second-order valence-corrected chi connectivity index (χ2v) is 6.70. The topological polar surface area (TPSA) is 54.0 Å². The fraction of sp³-hybridized carbons (Fsp3) is 0.800. The Kier molecular flexibility index (Phi) is 4.15. The monoisotopic (exact) mass is 296 g/mol. The van der Waals surface area contributed by atoms with Gasteiger partial charge in [0.05, 0.1) is 17.8 Å². The number of hydrogen-bond donors (Lipinski definition) is 0. The summed E-state index contributed by atoms with van der Waals surface area (Å²) >= 11 is 0. The van der Waals surface area contributed by atoms with E-state index in [0.29, 0.717) is 6.61 Å². The zero-order valence-electron chi connectivity index (χ0n) is 14.0. The lowest BCUT2D eigenvalue weighted by molar-refractivity contribution is -0.143. The second kappa shape index (κ2) is 5.32. The van der Waals surface area contributed by atoms with Crippen molar-refractivity contribution in [2.75, 3.05) is 6.61 Å². The van der Waals surface area contributed by atoms with Gasteiger partial charge in [0.2, 0.25) is 5.76 Å². The molecule has 0 aromatic carbocycles. The second-order valence-electron chi connectivity index (χ2n) is 6.70. The van der Waals surface area contributed by atoms with Crippen molar-refractivity contribution in [3.05, 3.63) is 11.2 Å². The largest absolute Gasteiger partial charge is 0.495 e. The van der Waals surface area contributed by atoms with E-state index >= 15 is 0 Å². The third kappa shape index (κ3) is 2.71. The Bertz CT molecular complexity index is 453. The molecule has 2 rings (SSSR count). The van der Waals surface area contributed by atoms with E-state index in [1.165, 1.54) is 0 Å². The van der Waals surface area contributed by atoms with Gasteiger partial charge in [-0.1, -0.05) is 6.92 Å². The predicted molar refractivity (Wildman–Crippen MR) is 79.5 cm³/mol. The molecule has 2 aliphatic heterocycles. The number of esters is 1. The van der Waals surface area contributed by atoms with Gasteiger partial charge in [-0.3, -0.25) is 0 Å². The van der Waals surface area contributed by atoms with Crippen molar-refractivity contribution in [2.45, 2.75) is 65.8 Å². The molecule has 0 bridgehead atoms. The molecule has 118 valence electrons. The molecule has 2 unspecified atom stereocenters. The Morgan fingerprint density at radius 2 is 1.71 bits per heavy atom. The van der Waals surface area contributed by atoms with E-state index in [-0.39, 0.29) is 17.8 Å². The smallest absolute Gasteiger partial charge is 0.483 e. The van der Waals surface area contributed by atoms with Gasteiger partial charge in [-0.15, -0.1) is 0 Å². The quantitative estimate of drug-likeness (QED) is 0.591. The Morgan fingerprint density at radius 3 is 2.19 bits per heavy atom. The summed E-state index contributed by atoms with van der Waals surface area (Å²) < 4.78 is 22.9. The molecule has 2 aliphatic rings. The van der Waals surface area contributed by atoms with Gasteiger partial charge in [-0.2, -0.15) is 0 Å². The molecule has 5 nitrogen and oxygen atoms in total. The van der Waals surface area contributed by atoms with Crippen molar-refractivity contribution in [3.63, 3.8) is 0 Å². The van der Waals surface area contributed by atoms with Gasteiger partial charge < -0.3 is 18.8 Å². The molecule has 0 amide bonds. The SMILES string of the molecule is CCOC(=O)C1=C(B2OC(C)(C)C(C)(C)O2)C(C)C(C)O1. The maximum atomic E-state index is 12.1. The summed E-state index contributed by atoms with van der Waals surface area (Å²) in [6.45, 7) is 14.0. The molecule has 0 aromatic heterocycles. The van der Waals surface area contributed by atoms with Crippen LogP contribution in [0.1, 0.15) is 48.5 Å². The highest BCUT2D eigenvalue weighted by Gasteiger charge is 2.56. The van der Waals surface area contributed by atoms with E-state index in [2.05, 4.69) is 0 Å². The molecule has 0 spiro atoms. The van der Waals surface area contributed by atoms with E-state index in [9.17, 15) is 4.79 Å². The molecule has 0 saturated carbocycles. The summed E-state index contributed by atoms with van der Waals surface area (Å²) in [6.07, 6.45) is -0.0987. The lowest BCUT2D eigenvalue weighted by Crippen LogP contribution is -2.41. The Hall–Kier alpha value is -1.01. The first-order valence-corrected chi connectivity index (χ1v) is 7.54. The summed E-state index contributed by atoms with van der Waals surface area (Å²) in [5.41, 5.74) is -0.147. The van der Waals surface area contributed by atoms with Gasteiger partial charge >= 0.3 is 13.1 Å². The fourth-order valence-corrected chi connectivity index (χ4v) is 2.47. The summed E-state index contributed by atoms with van der Waals surface area (Å²) in [5, 5.41) is 0. The highest BCUT2D eigenvalue weighted by Crippen LogP contribution is 2.43. The molecule has 0 aromatic rings. The summed E-state index contributed by atoms with van der Waals surface area (Å²) in [6, 6.07) is 0. The van der Waals surface area contributed by atoms with Crippen LogP contribution in [-0.4, -0.2) is 37.0 Å². The van der Waals surface area contributed by atoms with Gasteiger partial charge in [0.25, 0.3) is 0 Å². The Balaban J connectivity index is 2.34. The van der Waals surface area contributed by atoms with Gasteiger partial charge in [-0.05, 0) is 41.5 Å². The normalized spacial score (nSPS) is 30.5. The lowest BCUT2D eigenvalue weighted by Gasteiger charge is -2.32. The van der Waals surface area contributed by atoms with Gasteiger partial charge in [-0.25, -0.2) is 4.79 Å². The van der Waals surface area contributed by atoms with Crippen molar-refractivity contribution in [3.8, 4) is 0 Å². The van der Waals surface area contributed by atoms with Crippen LogP contribution in [0.3, 0.4) is 0 Å². The van der Waals surface area contributed by atoms with Crippen LogP contribution in [-0.2, 0) is 23.6 Å². The zero-order chi connectivity index (χ0) is 16.0. The third-order valence-corrected chi connectivity index (χ3v) is 4.73. The molecular formula is C15H25BO5. The van der Waals surface area contributed by atoms with E-state index in [1.807, 2.05) is 41.5 Å². The zero-order valence-corrected chi connectivity index (χ0v) is 14.0. The van der Waals surface area contributed by atoms with Crippen LogP contribution in [0, 0.1) is 5.92 Å². The fourth-order valence-electron chi connectivity index (χ4n) is 2.47. The van der Waals surface area contributed by atoms with Crippen LogP contribution in [0.4, 0.5) is 0 Å². The maximum Gasteiger partial charge on any atom is 0.495 e. The lowest BCUT2D eigenvalue weighted by atomic mass is 9.70. The third-order valence-electron chi connectivity index (χ3n) is 4.73. The average molecular weight is 296 g/mol. The van der Waals surface area contributed by atoms with E-state index in [1.54, 1.807) is 6.92 Å². The van der Waals surface area contributed by atoms with Crippen molar-refractivity contribution in [1.29, 1.82) is 0 Å². The van der Waals surface area contributed by atoms with E-state index in [4.69, 9.17) is 18.8 Å².